The Balaban J connectivity index is 0.000000385. The first kappa shape index (κ1) is 36.6. The minimum atomic E-state index is -2.42. The van der Waals surface area contributed by atoms with Crippen molar-refractivity contribution in [2.24, 2.45) is 0 Å². The van der Waals surface area contributed by atoms with Crippen LogP contribution in [0.1, 0.15) is 32.1 Å². The topological polar surface area (TPSA) is 165 Å². The summed E-state index contributed by atoms with van der Waals surface area (Å²) in [6.45, 7) is -0.0901. The third kappa shape index (κ3) is 10.9. The zero-order valence-corrected chi connectivity index (χ0v) is 26.6. The highest BCUT2D eigenvalue weighted by Crippen LogP contribution is 2.51. The number of rotatable bonds is 14. The van der Waals surface area contributed by atoms with E-state index in [0.717, 1.165) is 18.6 Å². The zero-order chi connectivity index (χ0) is 33.0. The second-order valence-electron chi connectivity index (χ2n) is 10.3. The average Bonchev–Trinajstić information content (AvgIpc) is 3.51. The number of benzene rings is 2. The lowest BCUT2D eigenvalue weighted by atomic mass is 9.88. The maximum absolute atomic E-state index is 13.6. The van der Waals surface area contributed by atoms with Crippen molar-refractivity contribution in [3.63, 3.8) is 0 Å². The van der Waals surface area contributed by atoms with Crippen molar-refractivity contribution in [1.29, 1.82) is 0 Å². The molecule has 0 aromatic heterocycles. The first-order chi connectivity index (χ1) is 21.4. The molecule has 2 fully saturated rings. The van der Waals surface area contributed by atoms with Crippen molar-refractivity contribution in [2.75, 3.05) is 33.4 Å². The first-order valence-corrected chi connectivity index (χ1v) is 15.7. The number of amides is 2. The van der Waals surface area contributed by atoms with Gasteiger partial charge in [-0.2, -0.15) is 0 Å². The van der Waals surface area contributed by atoms with Gasteiger partial charge in [0, 0.05) is 30.6 Å². The normalized spacial score (nSPS) is 21.5. The van der Waals surface area contributed by atoms with Gasteiger partial charge in [0.2, 0.25) is 0 Å². The quantitative estimate of drug-likeness (QED) is 0.111. The Kier molecular flexibility index (Phi) is 14.0. The summed E-state index contributed by atoms with van der Waals surface area (Å²) in [6, 6.07) is 7.92. The minimum Gasteiger partial charge on any atom is -0.486 e. The van der Waals surface area contributed by atoms with Crippen LogP contribution in [0.3, 0.4) is 0 Å². The van der Waals surface area contributed by atoms with Crippen LogP contribution in [-0.2, 0) is 18.8 Å². The van der Waals surface area contributed by atoms with Gasteiger partial charge in [-0.25, -0.2) is 13.6 Å². The van der Waals surface area contributed by atoms with Gasteiger partial charge in [-0.15, -0.1) is 0 Å². The molecule has 45 heavy (non-hydrogen) atoms. The smallest absolute Gasteiger partial charge is 0.407 e. The second kappa shape index (κ2) is 17.2. The van der Waals surface area contributed by atoms with Gasteiger partial charge in [-0.1, -0.05) is 23.2 Å². The highest BCUT2D eigenvalue weighted by molar-refractivity contribution is 7.39. The lowest BCUT2D eigenvalue weighted by molar-refractivity contribution is -0.126. The standard InChI is InChI=1S/C20H28ClFN3O7P.C8H6ClFO2/c1-23-19-5-6-20(12-19,16(10-19)32-18(27)24-7-2-8-31-33(28)29)25-17(26)11-30-13-3-4-14(21)15(22)9-13;9-7-2-1-6(5-8(7)10)12-4-3-11/h3-4,9,16,23,28-29H,2,5-8,10-12H2,1H3,(H,24,27)(H,25,26);1-3,5H,4H2. The monoisotopic (exact) mass is 695 g/mol. The summed E-state index contributed by atoms with van der Waals surface area (Å²) in [5.74, 6) is -1.13. The number of nitrogens with one attached hydrogen (secondary N) is 3. The van der Waals surface area contributed by atoms with Crippen LogP contribution in [0, 0.1) is 11.6 Å². The van der Waals surface area contributed by atoms with Crippen LogP contribution in [0.25, 0.3) is 0 Å². The van der Waals surface area contributed by atoms with Crippen LogP contribution >= 0.6 is 31.8 Å². The van der Waals surface area contributed by atoms with Crippen LogP contribution in [-0.4, -0.2) is 78.7 Å². The summed E-state index contributed by atoms with van der Waals surface area (Å²) in [5.41, 5.74) is -0.982. The highest BCUT2D eigenvalue weighted by atomic mass is 35.5. The van der Waals surface area contributed by atoms with E-state index in [9.17, 15) is 23.2 Å². The fourth-order valence-electron chi connectivity index (χ4n) is 5.21. The van der Waals surface area contributed by atoms with Gasteiger partial charge in [0.05, 0.1) is 22.2 Å². The van der Waals surface area contributed by atoms with Crippen LogP contribution < -0.4 is 25.4 Å². The molecule has 2 aliphatic rings. The molecule has 12 nitrogen and oxygen atoms in total. The number of hydrogen-bond acceptors (Lipinski definition) is 10. The Bertz CT molecular complexity index is 1330. The molecule has 2 aromatic carbocycles. The molecule has 17 heteroatoms. The highest BCUT2D eigenvalue weighted by Gasteiger charge is 2.62. The lowest BCUT2D eigenvalue weighted by Crippen LogP contribution is -2.56. The molecule has 2 aliphatic carbocycles. The summed E-state index contributed by atoms with van der Waals surface area (Å²) in [5, 5.41) is 8.88. The molecule has 0 aliphatic heterocycles. The predicted octanol–water partition coefficient (Wildman–Crippen LogP) is 4.03. The van der Waals surface area contributed by atoms with Crippen molar-refractivity contribution in [3.8, 4) is 11.5 Å². The number of halogens is 4. The fraction of sp³-hybridized carbons (Fsp3) is 0.464. The Morgan fingerprint density at radius 2 is 1.71 bits per heavy atom. The molecule has 4 rings (SSSR count). The molecule has 2 amide bonds. The number of carbonyl (C=O) groups is 3. The molecule has 0 radical (unpaired) electrons. The van der Waals surface area contributed by atoms with E-state index in [0.29, 0.717) is 37.7 Å². The Morgan fingerprint density at radius 1 is 1.07 bits per heavy atom. The van der Waals surface area contributed by atoms with Gasteiger partial charge >= 0.3 is 14.7 Å². The largest absolute Gasteiger partial charge is 0.486 e. The molecule has 2 saturated carbocycles. The molecular formula is C28H34Cl2F2N3O9P. The van der Waals surface area contributed by atoms with Gasteiger partial charge in [-0.05, 0) is 57.0 Å². The maximum atomic E-state index is 13.6. The van der Waals surface area contributed by atoms with E-state index in [2.05, 4.69) is 20.5 Å². The van der Waals surface area contributed by atoms with Crippen molar-refractivity contribution in [1.82, 2.24) is 16.0 Å². The second-order valence-corrected chi connectivity index (χ2v) is 11.9. The van der Waals surface area contributed by atoms with Crippen molar-refractivity contribution >= 4 is 50.1 Å². The number of alkyl carbamates (subject to hydrolysis) is 1. The van der Waals surface area contributed by atoms with E-state index >= 15 is 0 Å². The summed E-state index contributed by atoms with van der Waals surface area (Å²) < 4.78 is 46.8. The summed E-state index contributed by atoms with van der Waals surface area (Å²) in [7, 11) is -0.574. The lowest BCUT2D eigenvalue weighted by Gasteiger charge is -2.36. The molecule has 2 aromatic rings. The average molecular weight is 696 g/mol. The molecule has 0 spiro atoms. The van der Waals surface area contributed by atoms with E-state index in [1.807, 2.05) is 7.05 Å². The van der Waals surface area contributed by atoms with Crippen LogP contribution in [0.4, 0.5) is 13.6 Å². The van der Waals surface area contributed by atoms with Gasteiger partial charge in [0.1, 0.15) is 35.8 Å². The molecule has 248 valence electrons. The van der Waals surface area contributed by atoms with Gasteiger partial charge < -0.3 is 44.5 Å². The molecule has 2 bridgehead atoms. The molecule has 3 unspecified atom stereocenters. The van der Waals surface area contributed by atoms with E-state index < -0.39 is 43.9 Å². The number of aldehydes is 1. The number of hydrogen-bond donors (Lipinski definition) is 5. The Morgan fingerprint density at radius 3 is 2.29 bits per heavy atom. The predicted molar refractivity (Wildman–Crippen MR) is 161 cm³/mol. The van der Waals surface area contributed by atoms with E-state index in [1.54, 1.807) is 0 Å². The summed E-state index contributed by atoms with van der Waals surface area (Å²) >= 11 is 11.1. The van der Waals surface area contributed by atoms with Crippen molar-refractivity contribution < 1.29 is 51.7 Å². The van der Waals surface area contributed by atoms with E-state index in [4.69, 9.17) is 47.2 Å². The molecule has 3 atom stereocenters. The Labute approximate surface area is 269 Å². The van der Waals surface area contributed by atoms with Gasteiger partial charge in [-0.3, -0.25) is 9.59 Å². The molecular weight excluding hydrogens is 662 g/mol. The number of carbonyl (C=O) groups excluding carboxylic acids is 3. The van der Waals surface area contributed by atoms with Crippen molar-refractivity contribution in [2.45, 2.75) is 49.3 Å². The first-order valence-electron chi connectivity index (χ1n) is 13.8. The third-order valence-corrected chi connectivity index (χ3v) is 8.36. The van der Waals surface area contributed by atoms with Gasteiger partial charge in [0.15, 0.2) is 12.9 Å². The number of fused-ring (bicyclic) bond motifs is 2. The fourth-order valence-corrected chi connectivity index (χ4v) is 5.73. The minimum absolute atomic E-state index is 0.0356. The third-order valence-electron chi connectivity index (χ3n) is 7.33. The van der Waals surface area contributed by atoms with Crippen molar-refractivity contribution in [3.05, 3.63) is 58.1 Å². The van der Waals surface area contributed by atoms with Crippen LogP contribution in [0.5, 0.6) is 11.5 Å². The van der Waals surface area contributed by atoms with Crippen LogP contribution in [0.15, 0.2) is 36.4 Å². The zero-order valence-electron chi connectivity index (χ0n) is 24.2. The van der Waals surface area contributed by atoms with E-state index in [1.165, 1.54) is 24.3 Å². The molecule has 0 saturated heterocycles. The summed E-state index contributed by atoms with van der Waals surface area (Å²) in [6.07, 6.45) is 2.37. The SMILES string of the molecule is CNC12CCC(NC(=O)COc3ccc(Cl)c(F)c3)(C1)C(OC(=O)NCCCOP(O)O)C2.O=CCOc1ccc(Cl)c(F)c1. The number of ether oxygens (including phenoxy) is 3. The van der Waals surface area contributed by atoms with Gasteiger partial charge in [0.25, 0.3) is 5.91 Å². The van der Waals surface area contributed by atoms with E-state index in [-0.39, 0.29) is 47.7 Å². The summed E-state index contributed by atoms with van der Waals surface area (Å²) in [4.78, 5) is 52.2. The van der Waals surface area contributed by atoms with Crippen LogP contribution in [0.2, 0.25) is 10.0 Å². The Hall–Kier alpha value is -2.84. The molecule has 5 N–H and O–H groups in total. The maximum Gasteiger partial charge on any atom is 0.407 e. The molecule has 0 heterocycles.